The summed E-state index contributed by atoms with van der Waals surface area (Å²) in [4.78, 5) is 1.78. The van der Waals surface area contributed by atoms with Gasteiger partial charge in [0, 0.05) is 5.02 Å². The summed E-state index contributed by atoms with van der Waals surface area (Å²) in [5, 5.41) is 0.564. The molecule has 1 aliphatic heterocycles. The number of hydrogen-bond donors (Lipinski definition) is 1. The number of piperazine rings is 1. The lowest BCUT2D eigenvalue weighted by molar-refractivity contribution is -0.886. The highest BCUT2D eigenvalue weighted by atomic mass is 35.5. The lowest BCUT2D eigenvalue weighted by Gasteiger charge is -2.37. The number of benzene rings is 1. The molecule has 1 aromatic rings. The van der Waals surface area contributed by atoms with Crippen LogP contribution >= 0.6 is 11.6 Å². The van der Waals surface area contributed by atoms with Gasteiger partial charge in [0.05, 0.1) is 37.6 Å². The van der Waals surface area contributed by atoms with Gasteiger partial charge in [0.1, 0.15) is 0 Å². The molecule has 1 aromatic carbocycles. The Bertz CT molecular complexity index is 698. The Morgan fingerprint density at radius 3 is 2.00 bits per heavy atom. The van der Waals surface area contributed by atoms with Crippen LogP contribution < -0.4 is 17.3 Å². The number of nitrogens with zero attached hydrogens (tertiary/aromatic N) is 1. The van der Waals surface area contributed by atoms with Crippen LogP contribution in [0.1, 0.15) is 84.0 Å². The topological polar surface area (TPSA) is 41.8 Å². The van der Waals surface area contributed by atoms with Crippen LogP contribution in [0, 0.1) is 0 Å². The fourth-order valence-electron chi connectivity index (χ4n) is 4.44. The summed E-state index contributed by atoms with van der Waals surface area (Å²) in [7, 11) is -1.29. The molecule has 2 rings (SSSR count). The van der Waals surface area contributed by atoms with Crippen molar-refractivity contribution < 1.29 is 25.7 Å². The molecule has 1 heterocycles. The molecule has 7 heteroatoms. The molecule has 31 heavy (non-hydrogen) atoms. The average Bonchev–Trinajstić information content (AvgIpc) is 2.72. The number of rotatable bonds is 14. The van der Waals surface area contributed by atoms with Gasteiger partial charge in [0.15, 0.2) is 0 Å². The predicted octanol–water partition coefficient (Wildman–Crippen LogP) is 1.93. The molecule has 4 nitrogen and oxygen atoms in total. The van der Waals surface area contributed by atoms with Gasteiger partial charge in [-0.15, -0.1) is 0 Å². The van der Waals surface area contributed by atoms with E-state index in [0.717, 1.165) is 25.9 Å². The first-order valence-corrected chi connectivity index (χ1v) is 13.9. The summed E-state index contributed by atoms with van der Waals surface area (Å²) < 4.78 is 28.1. The Labute approximate surface area is 202 Å². The maximum absolute atomic E-state index is 13.2. The molecule has 0 amide bonds. The molecule has 1 N–H and O–H groups in total. The van der Waals surface area contributed by atoms with Crippen molar-refractivity contribution in [3.05, 3.63) is 29.3 Å². The quantitative estimate of drug-likeness (QED) is 0.403. The number of halogens is 2. The van der Waals surface area contributed by atoms with E-state index in [9.17, 15) is 8.42 Å². The van der Waals surface area contributed by atoms with E-state index in [2.05, 4.69) is 14.0 Å². The van der Waals surface area contributed by atoms with E-state index < -0.39 is 10.0 Å². The molecule has 0 aromatic heterocycles. The van der Waals surface area contributed by atoms with Gasteiger partial charge in [-0.1, -0.05) is 89.2 Å². The SMILES string of the molecule is CCCCCCCCCCCCCC1C[NH+](C)CCN1S(=O)(=O)c1ccc(Cl)cc1.[Cl-]. The van der Waals surface area contributed by atoms with E-state index in [4.69, 9.17) is 11.6 Å². The zero-order valence-electron chi connectivity index (χ0n) is 19.4. The van der Waals surface area contributed by atoms with Gasteiger partial charge in [-0.25, -0.2) is 8.42 Å². The fourth-order valence-corrected chi connectivity index (χ4v) is 6.22. The van der Waals surface area contributed by atoms with Gasteiger partial charge < -0.3 is 17.3 Å². The maximum atomic E-state index is 13.2. The molecule has 0 radical (unpaired) electrons. The van der Waals surface area contributed by atoms with E-state index in [1.54, 1.807) is 28.6 Å². The number of nitrogens with one attached hydrogen (secondary N) is 1. The Morgan fingerprint density at radius 1 is 0.935 bits per heavy atom. The number of hydrogen-bond acceptors (Lipinski definition) is 2. The summed E-state index contributed by atoms with van der Waals surface area (Å²) in [6.07, 6.45) is 15.4. The highest BCUT2D eigenvalue weighted by Crippen LogP contribution is 2.23. The molecule has 180 valence electrons. The third kappa shape index (κ3) is 10.00. The predicted molar refractivity (Wildman–Crippen MR) is 127 cm³/mol. The van der Waals surface area contributed by atoms with Crippen LogP contribution in [0.15, 0.2) is 29.2 Å². The minimum atomic E-state index is -3.45. The van der Waals surface area contributed by atoms with Gasteiger partial charge in [-0.3, -0.25) is 0 Å². The fraction of sp³-hybridized carbons (Fsp3) is 0.750. The van der Waals surface area contributed by atoms with Crippen molar-refractivity contribution >= 4 is 21.6 Å². The normalized spacial score (nSPS) is 19.8. The molecule has 2 atom stereocenters. The minimum absolute atomic E-state index is 0. The maximum Gasteiger partial charge on any atom is 0.243 e. The van der Waals surface area contributed by atoms with Crippen molar-refractivity contribution in [3.8, 4) is 0 Å². The highest BCUT2D eigenvalue weighted by molar-refractivity contribution is 7.89. The second kappa shape index (κ2) is 15.5. The van der Waals surface area contributed by atoms with Crippen molar-refractivity contribution in [3.63, 3.8) is 0 Å². The minimum Gasteiger partial charge on any atom is -1.00 e. The van der Waals surface area contributed by atoms with E-state index in [0.29, 0.717) is 16.5 Å². The molecule has 0 saturated carbocycles. The second-order valence-electron chi connectivity index (χ2n) is 8.96. The van der Waals surface area contributed by atoms with Crippen molar-refractivity contribution in [2.75, 3.05) is 26.7 Å². The van der Waals surface area contributed by atoms with E-state index >= 15 is 0 Å². The molecular formula is C24H42Cl2N2O2S. The second-order valence-corrected chi connectivity index (χ2v) is 11.3. The number of sulfonamides is 1. The Kier molecular flexibility index (Phi) is 14.3. The number of quaternary nitrogens is 1. The van der Waals surface area contributed by atoms with Crippen molar-refractivity contribution in [1.29, 1.82) is 0 Å². The molecule has 0 bridgehead atoms. The van der Waals surface area contributed by atoms with Gasteiger partial charge in [-0.05, 0) is 30.7 Å². The Morgan fingerprint density at radius 2 is 1.45 bits per heavy atom. The molecular weight excluding hydrogens is 451 g/mol. The van der Waals surface area contributed by atoms with Crippen LogP contribution in [-0.2, 0) is 10.0 Å². The highest BCUT2D eigenvalue weighted by Gasteiger charge is 2.36. The number of unbranched alkanes of at least 4 members (excludes halogenated alkanes) is 10. The first kappa shape index (κ1) is 28.7. The Balaban J connectivity index is 0.00000480. The summed E-state index contributed by atoms with van der Waals surface area (Å²) in [6.45, 7) is 4.62. The van der Waals surface area contributed by atoms with Crippen LogP contribution in [0.5, 0.6) is 0 Å². The first-order valence-electron chi connectivity index (χ1n) is 12.0. The summed E-state index contributed by atoms with van der Waals surface area (Å²) in [5.74, 6) is 0. The lowest BCUT2D eigenvalue weighted by atomic mass is 10.0. The Hall–Kier alpha value is -0.330. The molecule has 1 fully saturated rings. The summed E-state index contributed by atoms with van der Waals surface area (Å²) in [5.41, 5.74) is 0. The van der Waals surface area contributed by atoms with Crippen LogP contribution in [-0.4, -0.2) is 45.4 Å². The molecule has 0 aliphatic carbocycles. The van der Waals surface area contributed by atoms with Crippen LogP contribution in [0.4, 0.5) is 0 Å². The molecule has 1 saturated heterocycles. The van der Waals surface area contributed by atoms with Gasteiger partial charge >= 0.3 is 0 Å². The van der Waals surface area contributed by atoms with E-state index in [1.165, 1.54) is 69.1 Å². The zero-order valence-corrected chi connectivity index (χ0v) is 21.7. The van der Waals surface area contributed by atoms with Gasteiger partial charge in [0.2, 0.25) is 10.0 Å². The largest absolute Gasteiger partial charge is 1.00 e. The zero-order chi connectivity index (χ0) is 21.8. The molecule has 0 spiro atoms. The third-order valence-corrected chi connectivity index (χ3v) is 8.53. The standard InChI is InChI=1S/C24H41ClN2O2S.ClH/c1-3-4-5-6-7-8-9-10-11-12-13-14-23-21-26(2)19-20-27(23)30(28,29)24-17-15-22(25)16-18-24;/h15-18,23H,3-14,19-21H2,1-2H3;1H. The average molecular weight is 494 g/mol. The first-order chi connectivity index (χ1) is 14.4. The van der Waals surface area contributed by atoms with E-state index in [-0.39, 0.29) is 18.4 Å². The number of likely N-dealkylation sites (N-methyl/N-ethyl adjacent to an activating group) is 1. The molecule has 2 unspecified atom stereocenters. The third-order valence-electron chi connectivity index (χ3n) is 6.31. The van der Waals surface area contributed by atoms with E-state index in [1.807, 2.05) is 0 Å². The van der Waals surface area contributed by atoms with Crippen molar-refractivity contribution in [2.24, 2.45) is 0 Å². The summed E-state index contributed by atoms with van der Waals surface area (Å²) in [6, 6.07) is 6.67. The summed E-state index contributed by atoms with van der Waals surface area (Å²) >= 11 is 5.94. The monoisotopic (exact) mass is 492 g/mol. The molecule has 1 aliphatic rings. The van der Waals surface area contributed by atoms with Gasteiger partial charge in [0.25, 0.3) is 0 Å². The lowest BCUT2D eigenvalue weighted by Crippen LogP contribution is -3.13. The van der Waals surface area contributed by atoms with Crippen LogP contribution in [0.3, 0.4) is 0 Å². The van der Waals surface area contributed by atoms with Crippen LogP contribution in [0.2, 0.25) is 5.02 Å². The van der Waals surface area contributed by atoms with Crippen LogP contribution in [0.25, 0.3) is 0 Å². The van der Waals surface area contributed by atoms with Crippen molar-refractivity contribution in [2.45, 2.75) is 94.9 Å². The van der Waals surface area contributed by atoms with Gasteiger partial charge in [-0.2, -0.15) is 4.31 Å². The van der Waals surface area contributed by atoms with Crippen molar-refractivity contribution in [1.82, 2.24) is 4.31 Å². The smallest absolute Gasteiger partial charge is 0.243 e.